The van der Waals surface area contributed by atoms with Gasteiger partial charge in [0, 0.05) is 18.7 Å². The molecule has 0 aliphatic heterocycles. The quantitative estimate of drug-likeness (QED) is 0.420. The van der Waals surface area contributed by atoms with E-state index in [9.17, 15) is 17.6 Å². The van der Waals surface area contributed by atoms with Crippen molar-refractivity contribution < 1.29 is 17.6 Å². The number of aryl methyl sites for hydroxylation is 1. The third kappa shape index (κ3) is 6.02. The molecule has 3 aromatic carbocycles. The Bertz CT molecular complexity index is 1270. The molecule has 0 radical (unpaired) electrons. The van der Waals surface area contributed by atoms with Crippen LogP contribution in [0.4, 0.5) is 4.39 Å². The molecule has 36 heavy (non-hydrogen) atoms. The Balaban J connectivity index is 1.51. The highest BCUT2D eigenvalue weighted by molar-refractivity contribution is 7.89. The summed E-state index contributed by atoms with van der Waals surface area (Å²) in [4.78, 5) is 12.6. The maximum Gasteiger partial charge on any atom is 0.243 e. The van der Waals surface area contributed by atoms with Gasteiger partial charge < -0.3 is 5.73 Å². The maximum absolute atomic E-state index is 14.5. The van der Waals surface area contributed by atoms with Crippen LogP contribution in [-0.4, -0.2) is 25.2 Å². The van der Waals surface area contributed by atoms with E-state index in [0.717, 1.165) is 36.8 Å². The standard InChI is InChI=1S/C29H33FN2O3S/c1-21-11-15-23(16-12-21)28(29(31)33)24-17-13-22(14-18-24)19-32(20-25-7-5-6-10-27(25)30)36(34,35)26-8-3-2-4-9-26/h2-12,15-16,22,24,28H,13-14,17-20H2,1H3,(H2,31,33). The third-order valence-electron chi connectivity index (χ3n) is 7.25. The highest BCUT2D eigenvalue weighted by Crippen LogP contribution is 2.39. The summed E-state index contributed by atoms with van der Waals surface area (Å²) >= 11 is 0. The summed E-state index contributed by atoms with van der Waals surface area (Å²) in [6, 6.07) is 22.5. The predicted octanol–water partition coefficient (Wildman–Crippen LogP) is 5.40. The van der Waals surface area contributed by atoms with Crippen molar-refractivity contribution in [3.05, 3.63) is 101 Å². The fourth-order valence-electron chi connectivity index (χ4n) is 5.24. The lowest BCUT2D eigenvalue weighted by Crippen LogP contribution is -2.37. The SMILES string of the molecule is Cc1ccc(C(C(N)=O)C2CCC(CN(Cc3ccccc3F)S(=O)(=O)c3ccccc3)CC2)cc1. The molecule has 1 aliphatic carbocycles. The molecule has 4 rings (SSSR count). The average Bonchev–Trinajstić information content (AvgIpc) is 2.87. The molecule has 0 saturated heterocycles. The molecular weight excluding hydrogens is 475 g/mol. The first-order valence-electron chi connectivity index (χ1n) is 12.4. The highest BCUT2D eigenvalue weighted by atomic mass is 32.2. The molecule has 1 unspecified atom stereocenters. The summed E-state index contributed by atoms with van der Waals surface area (Å²) in [6.45, 7) is 2.27. The van der Waals surface area contributed by atoms with E-state index in [-0.39, 0.29) is 35.1 Å². The number of carbonyl (C=O) groups excluding carboxylic acids is 1. The molecule has 5 nitrogen and oxygen atoms in total. The van der Waals surface area contributed by atoms with Gasteiger partial charge >= 0.3 is 0 Å². The minimum absolute atomic E-state index is 0.0306. The van der Waals surface area contributed by atoms with E-state index < -0.39 is 15.8 Å². The monoisotopic (exact) mass is 508 g/mol. The molecule has 2 N–H and O–H groups in total. The Hall–Kier alpha value is -3.03. The Morgan fingerprint density at radius 3 is 2.17 bits per heavy atom. The number of nitrogens with two attached hydrogens (primary N) is 1. The van der Waals surface area contributed by atoms with Gasteiger partial charge in [-0.1, -0.05) is 66.2 Å². The van der Waals surface area contributed by atoms with Gasteiger partial charge in [0.25, 0.3) is 0 Å². The van der Waals surface area contributed by atoms with Gasteiger partial charge in [-0.2, -0.15) is 4.31 Å². The largest absolute Gasteiger partial charge is 0.369 e. The first kappa shape index (κ1) is 26.0. The molecule has 7 heteroatoms. The second-order valence-electron chi connectivity index (χ2n) is 9.77. The molecule has 1 aliphatic rings. The maximum atomic E-state index is 14.5. The second kappa shape index (κ2) is 11.4. The number of halogens is 1. The van der Waals surface area contributed by atoms with Crippen molar-refractivity contribution in [2.24, 2.45) is 17.6 Å². The number of sulfonamides is 1. The van der Waals surface area contributed by atoms with E-state index in [1.165, 1.54) is 10.4 Å². The molecule has 3 aromatic rings. The Kier molecular flexibility index (Phi) is 8.21. The molecule has 190 valence electrons. The van der Waals surface area contributed by atoms with Crippen LogP contribution in [0.1, 0.15) is 48.3 Å². The zero-order valence-corrected chi connectivity index (χ0v) is 21.3. The molecule has 1 amide bonds. The van der Waals surface area contributed by atoms with E-state index in [1.807, 2.05) is 31.2 Å². The van der Waals surface area contributed by atoms with E-state index >= 15 is 0 Å². The van der Waals surface area contributed by atoms with Gasteiger partial charge in [0.05, 0.1) is 10.8 Å². The molecule has 0 heterocycles. The van der Waals surface area contributed by atoms with E-state index in [4.69, 9.17) is 5.73 Å². The van der Waals surface area contributed by atoms with Crippen molar-refractivity contribution in [2.45, 2.75) is 50.0 Å². The summed E-state index contributed by atoms with van der Waals surface area (Å²) in [5, 5.41) is 0. The number of amides is 1. The predicted molar refractivity (Wildman–Crippen MR) is 139 cm³/mol. The Labute approximate surface area is 213 Å². The van der Waals surface area contributed by atoms with Crippen LogP contribution < -0.4 is 5.73 Å². The number of primary amides is 1. The fourth-order valence-corrected chi connectivity index (χ4v) is 6.76. The molecule has 0 aromatic heterocycles. The van der Waals surface area contributed by atoms with Crippen LogP contribution in [-0.2, 0) is 21.4 Å². The summed E-state index contributed by atoms with van der Waals surface area (Å²) in [6.07, 6.45) is 3.12. The Morgan fingerprint density at radius 1 is 0.944 bits per heavy atom. The van der Waals surface area contributed by atoms with Gasteiger partial charge in [-0.15, -0.1) is 0 Å². The van der Waals surface area contributed by atoms with Gasteiger partial charge in [-0.25, -0.2) is 12.8 Å². The zero-order valence-electron chi connectivity index (χ0n) is 20.5. The van der Waals surface area contributed by atoms with Crippen molar-refractivity contribution in [3.8, 4) is 0 Å². The molecule has 1 fully saturated rings. The van der Waals surface area contributed by atoms with Crippen molar-refractivity contribution in [1.82, 2.24) is 4.31 Å². The second-order valence-corrected chi connectivity index (χ2v) is 11.7. The van der Waals surface area contributed by atoms with Crippen molar-refractivity contribution in [2.75, 3.05) is 6.54 Å². The van der Waals surface area contributed by atoms with Crippen LogP contribution in [0.2, 0.25) is 0 Å². The van der Waals surface area contributed by atoms with Crippen LogP contribution in [0.25, 0.3) is 0 Å². The zero-order chi connectivity index (χ0) is 25.7. The lowest BCUT2D eigenvalue weighted by atomic mass is 9.73. The summed E-state index contributed by atoms with van der Waals surface area (Å²) in [5.74, 6) is -0.869. The minimum atomic E-state index is -3.81. The number of hydrogen-bond donors (Lipinski definition) is 1. The van der Waals surface area contributed by atoms with Gasteiger partial charge in [-0.3, -0.25) is 4.79 Å². The molecule has 1 atom stereocenters. The van der Waals surface area contributed by atoms with Crippen LogP contribution in [0.15, 0.2) is 83.8 Å². The number of carbonyl (C=O) groups is 1. The summed E-state index contributed by atoms with van der Waals surface area (Å²) in [7, 11) is -3.81. The van der Waals surface area contributed by atoms with Crippen molar-refractivity contribution >= 4 is 15.9 Å². The fraction of sp³-hybridized carbons (Fsp3) is 0.345. The van der Waals surface area contributed by atoms with Gasteiger partial charge in [-0.05, 0) is 68.2 Å². The summed E-state index contributed by atoms with van der Waals surface area (Å²) in [5.41, 5.74) is 8.22. The van der Waals surface area contributed by atoms with Crippen LogP contribution in [0.5, 0.6) is 0 Å². The number of nitrogens with zero attached hydrogens (tertiary/aromatic N) is 1. The lowest BCUT2D eigenvalue weighted by Gasteiger charge is -2.35. The minimum Gasteiger partial charge on any atom is -0.369 e. The number of rotatable bonds is 9. The smallest absolute Gasteiger partial charge is 0.243 e. The first-order chi connectivity index (χ1) is 17.3. The van der Waals surface area contributed by atoms with Gasteiger partial charge in [0.1, 0.15) is 5.82 Å². The van der Waals surface area contributed by atoms with Crippen molar-refractivity contribution in [1.29, 1.82) is 0 Å². The van der Waals surface area contributed by atoms with Crippen molar-refractivity contribution in [3.63, 3.8) is 0 Å². The van der Waals surface area contributed by atoms with E-state index in [0.29, 0.717) is 12.1 Å². The van der Waals surface area contributed by atoms with Gasteiger partial charge in [0.15, 0.2) is 0 Å². The summed E-state index contributed by atoms with van der Waals surface area (Å²) < 4.78 is 42.9. The third-order valence-corrected chi connectivity index (χ3v) is 9.08. The molecular formula is C29H33FN2O3S. The normalized spacial score (nSPS) is 19.2. The molecule has 1 saturated carbocycles. The topological polar surface area (TPSA) is 80.5 Å². The number of hydrogen-bond acceptors (Lipinski definition) is 3. The molecule has 0 spiro atoms. The number of benzene rings is 3. The molecule has 0 bridgehead atoms. The Morgan fingerprint density at radius 2 is 1.56 bits per heavy atom. The van der Waals surface area contributed by atoms with Gasteiger partial charge in [0.2, 0.25) is 15.9 Å². The van der Waals surface area contributed by atoms with E-state index in [2.05, 4.69) is 0 Å². The average molecular weight is 509 g/mol. The highest BCUT2D eigenvalue weighted by Gasteiger charge is 2.34. The van der Waals surface area contributed by atoms with Crippen LogP contribution in [0.3, 0.4) is 0 Å². The van der Waals surface area contributed by atoms with Crippen LogP contribution in [0, 0.1) is 24.6 Å². The first-order valence-corrected chi connectivity index (χ1v) is 13.8. The van der Waals surface area contributed by atoms with E-state index in [1.54, 1.807) is 48.5 Å². The van der Waals surface area contributed by atoms with Crippen LogP contribution >= 0.6 is 0 Å². The lowest BCUT2D eigenvalue weighted by molar-refractivity contribution is -0.121.